The number of hydrogen-bond acceptors (Lipinski definition) is 3. The van der Waals surface area contributed by atoms with E-state index < -0.39 is 0 Å². The van der Waals surface area contributed by atoms with E-state index in [1.165, 1.54) is 4.90 Å². The van der Waals surface area contributed by atoms with Crippen molar-refractivity contribution in [2.24, 2.45) is 10.9 Å². The van der Waals surface area contributed by atoms with Gasteiger partial charge in [0, 0.05) is 4.90 Å². The Labute approximate surface area is 101 Å². The van der Waals surface area contributed by atoms with E-state index >= 15 is 0 Å². The molecule has 0 spiro atoms. The number of ether oxygens (including phenoxy) is 1. The summed E-state index contributed by atoms with van der Waals surface area (Å²) in [4.78, 5) is 5.80. The molecule has 0 aromatic heterocycles. The maximum absolute atomic E-state index is 5.61. The Morgan fingerprint density at radius 2 is 2.19 bits per heavy atom. The number of rotatable bonds is 3. The molecule has 3 heteroatoms. The van der Waals surface area contributed by atoms with Crippen molar-refractivity contribution in [3.05, 3.63) is 30.3 Å². The van der Waals surface area contributed by atoms with Crippen LogP contribution in [0.2, 0.25) is 0 Å². The van der Waals surface area contributed by atoms with Crippen LogP contribution in [-0.2, 0) is 4.74 Å². The first kappa shape index (κ1) is 11.5. The number of nitrogens with zero attached hydrogens (tertiary/aromatic N) is 1. The summed E-state index contributed by atoms with van der Waals surface area (Å²) < 4.78 is 5.61. The van der Waals surface area contributed by atoms with E-state index in [9.17, 15) is 0 Å². The van der Waals surface area contributed by atoms with Crippen molar-refractivity contribution in [3.63, 3.8) is 0 Å². The zero-order valence-corrected chi connectivity index (χ0v) is 10.5. The zero-order valence-electron chi connectivity index (χ0n) is 9.72. The van der Waals surface area contributed by atoms with Crippen molar-refractivity contribution >= 4 is 17.0 Å². The molecule has 0 amide bonds. The first-order valence-electron chi connectivity index (χ1n) is 5.73. The van der Waals surface area contributed by atoms with Gasteiger partial charge in [0.2, 0.25) is 0 Å². The van der Waals surface area contributed by atoms with E-state index in [4.69, 9.17) is 4.74 Å². The number of hydrogen-bond donors (Lipinski definition) is 0. The van der Waals surface area contributed by atoms with Gasteiger partial charge >= 0.3 is 0 Å². The third-order valence-electron chi connectivity index (χ3n) is 2.90. The summed E-state index contributed by atoms with van der Waals surface area (Å²) in [6.45, 7) is 5.17. The van der Waals surface area contributed by atoms with Crippen molar-refractivity contribution in [1.82, 2.24) is 0 Å². The molecule has 0 saturated carbocycles. The van der Waals surface area contributed by atoms with Crippen molar-refractivity contribution in [2.45, 2.75) is 31.2 Å². The summed E-state index contributed by atoms with van der Waals surface area (Å²) in [5, 5.41) is 0.816. The molecule has 1 heterocycles. The SMILES string of the molecule is CCC(C)C1COC(Sc2ccccc2)=N1. The van der Waals surface area contributed by atoms with Crippen LogP contribution in [0.5, 0.6) is 0 Å². The second kappa shape index (κ2) is 5.39. The normalized spacial score (nSPS) is 21.4. The highest BCUT2D eigenvalue weighted by Crippen LogP contribution is 2.26. The first-order valence-corrected chi connectivity index (χ1v) is 6.54. The van der Waals surface area contributed by atoms with E-state index in [0.717, 1.165) is 18.3 Å². The Bertz CT molecular complexity index is 363. The van der Waals surface area contributed by atoms with Crippen molar-refractivity contribution in [1.29, 1.82) is 0 Å². The van der Waals surface area contributed by atoms with Gasteiger partial charge in [-0.05, 0) is 29.8 Å². The van der Waals surface area contributed by atoms with Crippen molar-refractivity contribution < 1.29 is 4.74 Å². The van der Waals surface area contributed by atoms with E-state index in [2.05, 4.69) is 31.0 Å². The summed E-state index contributed by atoms with van der Waals surface area (Å²) in [5.41, 5.74) is 0. The molecule has 0 radical (unpaired) electrons. The fourth-order valence-corrected chi connectivity index (χ4v) is 2.39. The third kappa shape index (κ3) is 2.79. The predicted molar refractivity (Wildman–Crippen MR) is 68.9 cm³/mol. The minimum atomic E-state index is 0.344. The maximum Gasteiger partial charge on any atom is 0.251 e. The van der Waals surface area contributed by atoms with E-state index in [1.807, 2.05) is 18.2 Å². The van der Waals surface area contributed by atoms with Crippen LogP contribution in [0.15, 0.2) is 40.2 Å². The van der Waals surface area contributed by atoms with Crippen LogP contribution < -0.4 is 0 Å². The molecule has 0 N–H and O–H groups in total. The van der Waals surface area contributed by atoms with Crippen molar-refractivity contribution in [3.8, 4) is 0 Å². The van der Waals surface area contributed by atoms with E-state index in [-0.39, 0.29) is 0 Å². The van der Waals surface area contributed by atoms with Gasteiger partial charge in [-0.3, -0.25) is 0 Å². The molecular formula is C13H17NOS. The predicted octanol–water partition coefficient (Wildman–Crippen LogP) is 3.58. The Balaban J connectivity index is 1.97. The number of aliphatic imine (C=N–C) groups is 1. The Kier molecular flexibility index (Phi) is 3.88. The molecule has 86 valence electrons. The minimum Gasteiger partial charge on any atom is -0.471 e. The Morgan fingerprint density at radius 1 is 1.44 bits per heavy atom. The summed E-state index contributed by atoms with van der Waals surface area (Å²) in [6, 6.07) is 10.6. The standard InChI is InChI=1S/C13H17NOS/c1-3-10(2)12-9-15-13(14-12)16-11-7-5-4-6-8-11/h4-8,10,12H,3,9H2,1-2H3. The van der Waals surface area contributed by atoms with Gasteiger partial charge in [0.05, 0.1) is 6.04 Å². The summed E-state index contributed by atoms with van der Waals surface area (Å²) in [7, 11) is 0. The fourth-order valence-electron chi connectivity index (χ4n) is 1.58. The summed E-state index contributed by atoms with van der Waals surface area (Å²) in [6.07, 6.45) is 1.15. The highest BCUT2D eigenvalue weighted by Gasteiger charge is 2.23. The molecule has 0 fully saturated rings. The van der Waals surface area contributed by atoms with Gasteiger partial charge in [-0.25, -0.2) is 4.99 Å². The summed E-state index contributed by atoms with van der Waals surface area (Å²) in [5.74, 6) is 0.605. The lowest BCUT2D eigenvalue weighted by Crippen LogP contribution is -2.15. The topological polar surface area (TPSA) is 21.6 Å². The van der Waals surface area contributed by atoms with Gasteiger partial charge in [0.25, 0.3) is 5.23 Å². The van der Waals surface area contributed by atoms with Crippen LogP contribution in [0.1, 0.15) is 20.3 Å². The second-order valence-corrected chi connectivity index (χ2v) is 5.10. The molecule has 0 aliphatic carbocycles. The lowest BCUT2D eigenvalue weighted by atomic mass is 10.0. The maximum atomic E-state index is 5.61. The molecule has 1 aliphatic rings. The van der Waals surface area contributed by atoms with Crippen LogP contribution >= 0.6 is 11.8 Å². The molecule has 2 unspecified atom stereocenters. The van der Waals surface area contributed by atoms with Gasteiger partial charge in [0.1, 0.15) is 6.61 Å². The molecular weight excluding hydrogens is 218 g/mol. The van der Waals surface area contributed by atoms with E-state index in [1.54, 1.807) is 11.8 Å². The molecule has 2 nitrogen and oxygen atoms in total. The zero-order chi connectivity index (χ0) is 11.4. The van der Waals surface area contributed by atoms with Crippen LogP contribution in [-0.4, -0.2) is 17.9 Å². The van der Waals surface area contributed by atoms with Gasteiger partial charge in [0.15, 0.2) is 0 Å². The average Bonchev–Trinajstić information content (AvgIpc) is 2.78. The number of thioether (sulfide) groups is 1. The van der Waals surface area contributed by atoms with Gasteiger partial charge in [-0.1, -0.05) is 38.5 Å². The monoisotopic (exact) mass is 235 g/mol. The van der Waals surface area contributed by atoms with Crippen molar-refractivity contribution in [2.75, 3.05) is 6.61 Å². The van der Waals surface area contributed by atoms with Gasteiger partial charge in [-0.15, -0.1) is 0 Å². The highest BCUT2D eigenvalue weighted by molar-refractivity contribution is 8.13. The minimum absolute atomic E-state index is 0.344. The third-order valence-corrected chi connectivity index (χ3v) is 3.80. The second-order valence-electron chi connectivity index (χ2n) is 4.07. The lowest BCUT2D eigenvalue weighted by Gasteiger charge is -2.11. The smallest absolute Gasteiger partial charge is 0.251 e. The molecule has 2 rings (SSSR count). The molecule has 2 atom stereocenters. The van der Waals surface area contributed by atoms with Crippen LogP contribution in [0.4, 0.5) is 0 Å². The quantitative estimate of drug-likeness (QED) is 0.798. The molecule has 16 heavy (non-hydrogen) atoms. The molecule has 0 saturated heterocycles. The molecule has 0 bridgehead atoms. The molecule has 1 aromatic rings. The van der Waals surface area contributed by atoms with Crippen LogP contribution in [0.25, 0.3) is 0 Å². The van der Waals surface area contributed by atoms with E-state index in [0.29, 0.717) is 12.0 Å². The molecule has 1 aromatic carbocycles. The van der Waals surface area contributed by atoms with Crippen LogP contribution in [0.3, 0.4) is 0 Å². The summed E-state index contributed by atoms with van der Waals surface area (Å²) >= 11 is 1.61. The Morgan fingerprint density at radius 3 is 2.88 bits per heavy atom. The molecule has 1 aliphatic heterocycles. The average molecular weight is 235 g/mol. The van der Waals surface area contributed by atoms with Gasteiger partial charge < -0.3 is 4.74 Å². The fraction of sp³-hybridized carbons (Fsp3) is 0.462. The van der Waals surface area contributed by atoms with Gasteiger partial charge in [-0.2, -0.15) is 0 Å². The lowest BCUT2D eigenvalue weighted by molar-refractivity contribution is 0.286. The first-order chi connectivity index (χ1) is 7.79. The largest absolute Gasteiger partial charge is 0.471 e. The number of benzene rings is 1. The highest BCUT2D eigenvalue weighted by atomic mass is 32.2. The van der Waals surface area contributed by atoms with Crippen LogP contribution in [0, 0.1) is 5.92 Å². The Hall–Kier alpha value is -0.960.